The molecule has 1 aliphatic heterocycles. The van der Waals surface area contributed by atoms with E-state index in [0.717, 1.165) is 18.5 Å². The summed E-state index contributed by atoms with van der Waals surface area (Å²) in [6.45, 7) is 6.50. The van der Waals surface area contributed by atoms with Gasteiger partial charge in [-0.3, -0.25) is 4.90 Å². The highest BCUT2D eigenvalue weighted by molar-refractivity contribution is 9.09. The molecule has 1 saturated heterocycles. The Hall–Kier alpha value is 0.400. The fourth-order valence-corrected chi connectivity index (χ4v) is 1.87. The van der Waals surface area contributed by atoms with Crippen LogP contribution in [0.1, 0.15) is 26.7 Å². The van der Waals surface area contributed by atoms with Crippen molar-refractivity contribution in [3.63, 3.8) is 0 Å². The van der Waals surface area contributed by atoms with Gasteiger partial charge < -0.3 is 4.74 Å². The first-order valence-electron chi connectivity index (χ1n) is 4.95. The lowest BCUT2D eigenvalue weighted by Crippen LogP contribution is -2.46. The van der Waals surface area contributed by atoms with Crippen LogP contribution < -0.4 is 0 Å². The highest BCUT2D eigenvalue weighted by atomic mass is 79.9. The summed E-state index contributed by atoms with van der Waals surface area (Å²) in [5.74, 6) is 0. The van der Waals surface area contributed by atoms with Crippen LogP contribution in [0, 0.1) is 0 Å². The third-order valence-electron chi connectivity index (χ3n) is 2.86. The lowest BCUT2D eigenvalue weighted by molar-refractivity contribution is 0.0538. The van der Waals surface area contributed by atoms with Gasteiger partial charge in [0.1, 0.15) is 0 Å². The fraction of sp³-hybridized carbons (Fsp3) is 1.00. The summed E-state index contributed by atoms with van der Waals surface area (Å²) in [5.41, 5.74) is 0.228. The molecule has 1 rings (SSSR count). The van der Waals surface area contributed by atoms with Crippen molar-refractivity contribution >= 4 is 15.9 Å². The molecule has 0 aromatic heterocycles. The molecule has 0 saturated carbocycles. The van der Waals surface area contributed by atoms with Gasteiger partial charge in [0, 0.05) is 24.0 Å². The van der Waals surface area contributed by atoms with E-state index in [1.54, 1.807) is 0 Å². The van der Waals surface area contributed by atoms with Crippen molar-refractivity contribution in [3.05, 3.63) is 0 Å². The molecule has 0 bridgehead atoms. The molecule has 2 nitrogen and oxygen atoms in total. The lowest BCUT2D eigenvalue weighted by atomic mass is 10.1. The molecule has 1 fully saturated rings. The summed E-state index contributed by atoms with van der Waals surface area (Å²) in [4.78, 5) is 2.37. The monoisotopic (exact) mass is 249 g/mol. The molecule has 0 N–H and O–H groups in total. The molecule has 0 aliphatic carbocycles. The van der Waals surface area contributed by atoms with E-state index in [-0.39, 0.29) is 5.54 Å². The number of halogens is 1. The van der Waals surface area contributed by atoms with Crippen LogP contribution in [0.4, 0.5) is 0 Å². The van der Waals surface area contributed by atoms with Crippen LogP contribution in [0.2, 0.25) is 0 Å². The summed E-state index contributed by atoms with van der Waals surface area (Å²) in [6, 6.07) is 0. The van der Waals surface area contributed by atoms with E-state index >= 15 is 0 Å². The predicted molar refractivity (Wildman–Crippen MR) is 59.5 cm³/mol. The number of rotatable bonds is 4. The number of ether oxygens (including phenoxy) is 1. The Morgan fingerprint density at radius 2 is 2.23 bits per heavy atom. The van der Waals surface area contributed by atoms with E-state index in [1.807, 2.05) is 0 Å². The molecule has 78 valence electrons. The zero-order chi connectivity index (χ0) is 9.90. The average molecular weight is 250 g/mol. The van der Waals surface area contributed by atoms with E-state index in [2.05, 4.69) is 41.7 Å². The average Bonchev–Trinajstić information content (AvgIpc) is 2.57. The summed E-state index contributed by atoms with van der Waals surface area (Å²) in [6.07, 6.45) is 2.92. The summed E-state index contributed by atoms with van der Waals surface area (Å²) in [5, 5.41) is 1.00. The quantitative estimate of drug-likeness (QED) is 0.710. The van der Waals surface area contributed by atoms with Crippen molar-refractivity contribution in [1.82, 2.24) is 4.90 Å². The number of likely N-dealkylation sites (N-methyl/N-ethyl adjacent to an activating group) is 1. The Kier molecular flexibility index (Phi) is 4.20. The zero-order valence-corrected chi connectivity index (χ0v) is 10.4. The van der Waals surface area contributed by atoms with Gasteiger partial charge in [-0.1, -0.05) is 15.9 Å². The Morgan fingerprint density at radius 1 is 1.54 bits per heavy atom. The molecule has 1 aliphatic rings. The minimum Gasteiger partial charge on any atom is -0.377 e. The normalized spacial score (nSPS) is 24.2. The topological polar surface area (TPSA) is 12.5 Å². The second-order valence-electron chi connectivity index (χ2n) is 4.46. The van der Waals surface area contributed by atoms with E-state index in [0.29, 0.717) is 6.10 Å². The molecule has 13 heavy (non-hydrogen) atoms. The molecule has 0 amide bonds. The van der Waals surface area contributed by atoms with Crippen molar-refractivity contribution in [1.29, 1.82) is 0 Å². The SMILES string of the molecule is CN(CC1CCCO1)C(C)(C)CBr. The van der Waals surface area contributed by atoms with Gasteiger partial charge in [0.2, 0.25) is 0 Å². The second-order valence-corrected chi connectivity index (χ2v) is 5.02. The molecule has 1 unspecified atom stereocenters. The molecule has 0 aromatic carbocycles. The smallest absolute Gasteiger partial charge is 0.0702 e. The van der Waals surface area contributed by atoms with Crippen molar-refractivity contribution in [2.24, 2.45) is 0 Å². The third kappa shape index (κ3) is 3.22. The second kappa shape index (κ2) is 4.76. The van der Waals surface area contributed by atoms with Gasteiger partial charge in [0.15, 0.2) is 0 Å². The van der Waals surface area contributed by atoms with Gasteiger partial charge in [-0.05, 0) is 33.7 Å². The number of hydrogen-bond acceptors (Lipinski definition) is 2. The maximum Gasteiger partial charge on any atom is 0.0702 e. The van der Waals surface area contributed by atoms with E-state index in [9.17, 15) is 0 Å². The van der Waals surface area contributed by atoms with Gasteiger partial charge in [0.25, 0.3) is 0 Å². The van der Waals surface area contributed by atoms with Gasteiger partial charge >= 0.3 is 0 Å². The van der Waals surface area contributed by atoms with Crippen LogP contribution in [0.25, 0.3) is 0 Å². The molecule has 1 atom stereocenters. The van der Waals surface area contributed by atoms with Crippen LogP contribution >= 0.6 is 15.9 Å². The van der Waals surface area contributed by atoms with Crippen LogP contribution in [0.3, 0.4) is 0 Å². The van der Waals surface area contributed by atoms with Gasteiger partial charge in [-0.15, -0.1) is 0 Å². The molecular weight excluding hydrogens is 230 g/mol. The van der Waals surface area contributed by atoms with E-state index in [4.69, 9.17) is 4.74 Å². The Labute approximate surface area is 89.8 Å². The van der Waals surface area contributed by atoms with Gasteiger partial charge in [0.05, 0.1) is 6.10 Å². The molecule has 3 heteroatoms. The van der Waals surface area contributed by atoms with Crippen LogP contribution in [0.15, 0.2) is 0 Å². The minimum absolute atomic E-state index is 0.228. The Morgan fingerprint density at radius 3 is 2.69 bits per heavy atom. The highest BCUT2D eigenvalue weighted by Gasteiger charge is 2.26. The van der Waals surface area contributed by atoms with Crippen molar-refractivity contribution in [2.75, 3.05) is 25.5 Å². The van der Waals surface area contributed by atoms with E-state index in [1.165, 1.54) is 12.8 Å². The first-order chi connectivity index (χ1) is 6.06. The maximum atomic E-state index is 5.61. The molecular formula is C10H20BrNO. The first kappa shape index (κ1) is 11.5. The van der Waals surface area contributed by atoms with Crippen LogP contribution in [0.5, 0.6) is 0 Å². The van der Waals surface area contributed by atoms with Crippen LogP contribution in [-0.4, -0.2) is 42.1 Å². The summed E-state index contributed by atoms with van der Waals surface area (Å²) < 4.78 is 5.61. The third-order valence-corrected chi connectivity index (χ3v) is 4.23. The summed E-state index contributed by atoms with van der Waals surface area (Å²) >= 11 is 3.54. The number of alkyl halides is 1. The van der Waals surface area contributed by atoms with E-state index < -0.39 is 0 Å². The van der Waals surface area contributed by atoms with Gasteiger partial charge in [-0.2, -0.15) is 0 Å². The summed E-state index contributed by atoms with van der Waals surface area (Å²) in [7, 11) is 2.17. The minimum atomic E-state index is 0.228. The van der Waals surface area contributed by atoms with Gasteiger partial charge in [-0.25, -0.2) is 0 Å². The van der Waals surface area contributed by atoms with Crippen molar-refractivity contribution in [3.8, 4) is 0 Å². The number of hydrogen-bond donors (Lipinski definition) is 0. The maximum absolute atomic E-state index is 5.61. The predicted octanol–water partition coefficient (Wildman–Crippen LogP) is 2.27. The Balaban J connectivity index is 2.34. The highest BCUT2D eigenvalue weighted by Crippen LogP contribution is 2.19. The molecule has 0 spiro atoms. The van der Waals surface area contributed by atoms with Crippen LogP contribution in [-0.2, 0) is 4.74 Å². The van der Waals surface area contributed by atoms with Crippen molar-refractivity contribution in [2.45, 2.75) is 38.3 Å². The lowest BCUT2D eigenvalue weighted by Gasteiger charge is -2.35. The fourth-order valence-electron chi connectivity index (χ4n) is 1.44. The first-order valence-corrected chi connectivity index (χ1v) is 6.07. The largest absolute Gasteiger partial charge is 0.377 e. The zero-order valence-electron chi connectivity index (χ0n) is 8.85. The molecule has 0 radical (unpaired) electrons. The van der Waals surface area contributed by atoms with Crippen molar-refractivity contribution < 1.29 is 4.74 Å². The number of nitrogens with zero attached hydrogens (tertiary/aromatic N) is 1. The molecule has 0 aromatic rings. The molecule has 1 heterocycles. The standard InChI is InChI=1S/C10H20BrNO/c1-10(2,8-11)12(3)7-9-5-4-6-13-9/h9H,4-8H2,1-3H3. The Bertz CT molecular complexity index is 155.